The van der Waals surface area contributed by atoms with Gasteiger partial charge in [-0.25, -0.2) is 9.78 Å². The van der Waals surface area contributed by atoms with Gasteiger partial charge in [0.1, 0.15) is 17.9 Å². The average molecular weight is 571 g/mol. The lowest BCUT2D eigenvalue weighted by molar-refractivity contribution is 0.0289. The summed E-state index contributed by atoms with van der Waals surface area (Å²) in [4.78, 5) is 19.1. The van der Waals surface area contributed by atoms with Crippen molar-refractivity contribution in [2.75, 3.05) is 26.9 Å². The third-order valence-corrected chi connectivity index (χ3v) is 8.62. The van der Waals surface area contributed by atoms with Crippen LogP contribution in [-0.2, 0) is 29.0 Å². The van der Waals surface area contributed by atoms with Crippen molar-refractivity contribution in [1.82, 2.24) is 19.7 Å². The van der Waals surface area contributed by atoms with Crippen LogP contribution in [0.25, 0.3) is 11.4 Å². The number of carbonyl (C=O) groups is 1. The van der Waals surface area contributed by atoms with Crippen LogP contribution >= 0.6 is 0 Å². The van der Waals surface area contributed by atoms with Gasteiger partial charge in [-0.05, 0) is 85.9 Å². The molecule has 0 radical (unpaired) electrons. The second-order valence-corrected chi connectivity index (χ2v) is 11.3. The van der Waals surface area contributed by atoms with Gasteiger partial charge in [0.15, 0.2) is 5.82 Å². The molecule has 0 saturated carbocycles. The van der Waals surface area contributed by atoms with E-state index in [1.54, 1.807) is 6.07 Å². The van der Waals surface area contributed by atoms with Gasteiger partial charge in [-0.15, -0.1) is 0 Å². The third kappa shape index (κ3) is 5.58. The van der Waals surface area contributed by atoms with Gasteiger partial charge in [0, 0.05) is 37.9 Å². The quantitative estimate of drug-likeness (QED) is 0.380. The fraction of sp³-hybridized carbons (Fsp3) is 0.424. The van der Waals surface area contributed by atoms with E-state index in [4.69, 9.17) is 19.2 Å². The molecule has 4 heterocycles. The number of nitrogens with zero attached hydrogens (tertiary/aromatic N) is 4. The molecular formula is C33H38N4O5. The molecule has 0 atom stereocenters. The summed E-state index contributed by atoms with van der Waals surface area (Å²) in [5.74, 6) is 0.352. The molecule has 0 spiro atoms. The van der Waals surface area contributed by atoms with Crippen molar-refractivity contribution >= 4 is 11.5 Å². The molecule has 0 amide bonds. The highest BCUT2D eigenvalue weighted by Crippen LogP contribution is 2.35. The maximum atomic E-state index is 11.6. The Morgan fingerprint density at radius 1 is 1.17 bits per heavy atom. The van der Waals surface area contributed by atoms with Gasteiger partial charge in [0.25, 0.3) is 0 Å². The first-order valence-corrected chi connectivity index (χ1v) is 14.7. The van der Waals surface area contributed by atoms with Gasteiger partial charge in [-0.3, -0.25) is 4.90 Å². The van der Waals surface area contributed by atoms with Crippen molar-refractivity contribution in [1.29, 1.82) is 0 Å². The van der Waals surface area contributed by atoms with E-state index in [0.29, 0.717) is 18.5 Å². The molecule has 9 heteroatoms. The number of methoxy groups -OCH3 is 1. The smallest absolute Gasteiger partial charge is 0.342 e. The number of hydrogen-bond acceptors (Lipinski definition) is 7. The molecular weight excluding hydrogens is 532 g/mol. The minimum Gasteiger partial charge on any atom is -0.488 e. The number of aryl methyl sites for hydroxylation is 1. The summed E-state index contributed by atoms with van der Waals surface area (Å²) in [5.41, 5.74) is 8.26. The maximum Gasteiger partial charge on any atom is 0.342 e. The molecule has 0 unspecified atom stereocenters. The summed E-state index contributed by atoms with van der Waals surface area (Å²) in [5, 5.41) is 13.7. The molecule has 2 aromatic heterocycles. The first-order chi connectivity index (χ1) is 20.4. The number of hydrogen-bond donors (Lipinski definition) is 1. The number of aromatic carboxylic acids is 1. The van der Waals surface area contributed by atoms with Crippen LogP contribution in [0, 0.1) is 6.92 Å². The molecule has 1 aromatic carbocycles. The fourth-order valence-electron chi connectivity index (χ4n) is 6.39. The SMILES string of the molecule is COc1c(C(=O)O)cnn1-c1cccc(C2=CCCC(C)=C2OCc2cc(C)c3c(c2)CCN(C2CCOCC2)C3)n1. The molecule has 1 fully saturated rings. The molecule has 1 saturated heterocycles. The molecule has 9 nitrogen and oxygen atoms in total. The van der Waals surface area contributed by atoms with E-state index < -0.39 is 5.97 Å². The normalized spacial score (nSPS) is 18.0. The monoisotopic (exact) mass is 570 g/mol. The third-order valence-electron chi connectivity index (χ3n) is 8.62. The van der Waals surface area contributed by atoms with E-state index in [-0.39, 0.29) is 11.4 Å². The Hall–Kier alpha value is -3.95. The van der Waals surface area contributed by atoms with Gasteiger partial charge >= 0.3 is 5.97 Å². The van der Waals surface area contributed by atoms with Crippen LogP contribution in [0.3, 0.4) is 0 Å². The number of ether oxygens (including phenoxy) is 3. The maximum absolute atomic E-state index is 11.6. The van der Waals surface area contributed by atoms with Crippen LogP contribution in [0.5, 0.6) is 5.88 Å². The zero-order valence-electron chi connectivity index (χ0n) is 24.6. The molecule has 220 valence electrons. The molecule has 2 aliphatic heterocycles. The fourth-order valence-corrected chi connectivity index (χ4v) is 6.39. The highest BCUT2D eigenvalue weighted by atomic mass is 16.5. The zero-order chi connectivity index (χ0) is 29.2. The van der Waals surface area contributed by atoms with Gasteiger partial charge < -0.3 is 19.3 Å². The van der Waals surface area contributed by atoms with E-state index in [0.717, 1.165) is 75.4 Å². The van der Waals surface area contributed by atoms with Crippen molar-refractivity contribution in [2.24, 2.45) is 0 Å². The Balaban J connectivity index is 1.20. The Morgan fingerprint density at radius 3 is 2.79 bits per heavy atom. The minimum atomic E-state index is -1.10. The highest BCUT2D eigenvalue weighted by Gasteiger charge is 2.27. The van der Waals surface area contributed by atoms with E-state index in [2.05, 4.69) is 42.1 Å². The van der Waals surface area contributed by atoms with Crippen molar-refractivity contribution in [3.8, 4) is 11.7 Å². The molecule has 0 bridgehead atoms. The number of pyridine rings is 1. The molecule has 1 N–H and O–H groups in total. The second-order valence-electron chi connectivity index (χ2n) is 11.3. The lowest BCUT2D eigenvalue weighted by atomic mass is 9.91. The first-order valence-electron chi connectivity index (χ1n) is 14.7. The van der Waals surface area contributed by atoms with Crippen LogP contribution < -0.4 is 4.74 Å². The topological polar surface area (TPSA) is 98.9 Å². The van der Waals surface area contributed by atoms with Gasteiger partial charge in [-0.1, -0.05) is 24.3 Å². The number of benzene rings is 1. The molecule has 3 aliphatic rings. The van der Waals surface area contributed by atoms with Crippen molar-refractivity contribution in [3.63, 3.8) is 0 Å². The summed E-state index contributed by atoms with van der Waals surface area (Å²) in [6, 6.07) is 10.8. The molecule has 1 aliphatic carbocycles. The summed E-state index contributed by atoms with van der Waals surface area (Å²) >= 11 is 0. The van der Waals surface area contributed by atoms with Crippen LogP contribution in [-0.4, -0.2) is 63.7 Å². The number of carboxylic acid groups (broad SMARTS) is 1. The molecule has 3 aromatic rings. The van der Waals surface area contributed by atoms with Crippen molar-refractivity contribution in [2.45, 2.75) is 65.1 Å². The lowest BCUT2D eigenvalue weighted by Crippen LogP contribution is -2.42. The Morgan fingerprint density at radius 2 is 2.00 bits per heavy atom. The first kappa shape index (κ1) is 28.2. The van der Waals surface area contributed by atoms with Crippen LogP contribution in [0.15, 0.2) is 53.9 Å². The van der Waals surface area contributed by atoms with Crippen molar-refractivity contribution in [3.05, 3.63) is 87.4 Å². The van der Waals surface area contributed by atoms with Crippen LogP contribution in [0.1, 0.15) is 70.9 Å². The number of fused-ring (bicyclic) bond motifs is 1. The van der Waals surface area contributed by atoms with Crippen molar-refractivity contribution < 1.29 is 24.1 Å². The van der Waals surface area contributed by atoms with Gasteiger partial charge in [0.2, 0.25) is 5.88 Å². The Kier molecular flexibility index (Phi) is 8.13. The average Bonchev–Trinajstić information content (AvgIpc) is 3.46. The van der Waals surface area contributed by atoms with E-state index in [1.165, 1.54) is 45.8 Å². The number of carboxylic acids is 1. The number of allylic oxidation sites excluding steroid dienone is 3. The summed E-state index contributed by atoms with van der Waals surface area (Å²) in [6.07, 6.45) is 8.58. The summed E-state index contributed by atoms with van der Waals surface area (Å²) < 4.78 is 18.9. The molecule has 42 heavy (non-hydrogen) atoms. The molecule has 6 rings (SSSR count). The second kappa shape index (κ2) is 12.1. The summed E-state index contributed by atoms with van der Waals surface area (Å²) in [7, 11) is 1.43. The van der Waals surface area contributed by atoms with E-state index >= 15 is 0 Å². The predicted molar refractivity (Wildman–Crippen MR) is 159 cm³/mol. The lowest BCUT2D eigenvalue weighted by Gasteiger charge is -2.38. The van der Waals surface area contributed by atoms with Crippen LogP contribution in [0.2, 0.25) is 0 Å². The van der Waals surface area contributed by atoms with E-state index in [9.17, 15) is 9.90 Å². The predicted octanol–water partition coefficient (Wildman–Crippen LogP) is 5.49. The van der Waals surface area contributed by atoms with Crippen LogP contribution in [0.4, 0.5) is 0 Å². The Bertz CT molecular complexity index is 1550. The van der Waals surface area contributed by atoms with Gasteiger partial charge in [-0.2, -0.15) is 9.78 Å². The highest BCUT2D eigenvalue weighted by molar-refractivity contribution is 5.90. The van der Waals surface area contributed by atoms with Gasteiger partial charge in [0.05, 0.1) is 19.0 Å². The number of rotatable bonds is 8. The zero-order valence-corrected chi connectivity index (χ0v) is 24.6. The van der Waals surface area contributed by atoms with E-state index in [1.807, 2.05) is 12.1 Å². The number of aromatic nitrogens is 3. The summed E-state index contributed by atoms with van der Waals surface area (Å²) in [6.45, 7) is 8.68. The largest absolute Gasteiger partial charge is 0.488 e. The Labute approximate surface area is 246 Å². The minimum absolute atomic E-state index is 0.0158. The standard InChI is InChI=1S/C33H38N4O5/c1-21-6-4-7-26(29-8-5-9-30(35-29)37-32(40-3)27(18-34-37)33(38)39)31(21)42-20-23-16-22(2)28-19-36(13-10-24(28)17-23)25-11-14-41-15-12-25/h5,7-9,16-18,25H,4,6,10-15,19-20H2,1-3H3,(H,38,39).